The van der Waals surface area contributed by atoms with Gasteiger partial charge in [-0.15, -0.1) is 11.3 Å². The van der Waals surface area contributed by atoms with Gasteiger partial charge in [0.25, 0.3) is 0 Å². The number of thiophene rings is 1. The molecule has 0 spiro atoms. The number of nitrogens with zero attached hydrogens (tertiary/aromatic N) is 2. The minimum atomic E-state index is 0.190. The summed E-state index contributed by atoms with van der Waals surface area (Å²) in [6, 6.07) is 4.84. The van der Waals surface area contributed by atoms with E-state index in [0.717, 1.165) is 24.4 Å². The van der Waals surface area contributed by atoms with Crippen molar-refractivity contribution in [3.8, 4) is 0 Å². The summed E-state index contributed by atoms with van der Waals surface area (Å²) < 4.78 is 0. The zero-order valence-corrected chi connectivity index (χ0v) is 15.3. The largest absolute Gasteiger partial charge is 0.351 e. The Morgan fingerprint density at radius 3 is 2.92 bits per heavy atom. The van der Waals surface area contributed by atoms with Crippen LogP contribution in [0.25, 0.3) is 0 Å². The molecule has 4 fully saturated rings. The maximum Gasteiger partial charge on any atom is 0.221 e. The lowest BCUT2D eigenvalue weighted by molar-refractivity contribution is -0.121. The van der Waals surface area contributed by atoms with Crippen molar-refractivity contribution < 1.29 is 4.79 Å². The summed E-state index contributed by atoms with van der Waals surface area (Å²) in [5.41, 5.74) is 0. The average molecular weight is 348 g/mol. The van der Waals surface area contributed by atoms with Crippen molar-refractivity contribution >= 4 is 17.2 Å². The molecule has 2 bridgehead atoms. The lowest BCUT2D eigenvalue weighted by atomic mass is 9.95. The summed E-state index contributed by atoms with van der Waals surface area (Å²) in [4.78, 5) is 18.7. The normalized spacial score (nSPS) is 28.0. The molecule has 5 heteroatoms. The zero-order chi connectivity index (χ0) is 16.4. The number of fused-ring (bicyclic) bond motifs is 4. The lowest BCUT2D eigenvalue weighted by Crippen LogP contribution is -2.45. The first-order valence-electron chi connectivity index (χ1n) is 9.52. The first kappa shape index (κ1) is 16.6. The summed E-state index contributed by atoms with van der Waals surface area (Å²) >= 11 is 1.70. The molecule has 1 aromatic heterocycles. The second-order valence-electron chi connectivity index (χ2n) is 7.86. The molecular weight excluding hydrogens is 318 g/mol. The van der Waals surface area contributed by atoms with Crippen LogP contribution in [-0.2, 0) is 11.3 Å². The van der Waals surface area contributed by atoms with Gasteiger partial charge in [0.05, 0.1) is 6.54 Å². The summed E-state index contributed by atoms with van der Waals surface area (Å²) in [5, 5.41) is 5.11. The lowest BCUT2D eigenvalue weighted by Gasteiger charge is -2.36. The first-order valence-corrected chi connectivity index (χ1v) is 10.4. The Morgan fingerprint density at radius 1 is 1.21 bits per heavy atom. The molecule has 0 unspecified atom stereocenters. The Kier molecular flexibility index (Phi) is 5.20. The van der Waals surface area contributed by atoms with Crippen molar-refractivity contribution in [1.82, 2.24) is 15.1 Å². The van der Waals surface area contributed by atoms with Crippen molar-refractivity contribution in [1.29, 1.82) is 0 Å². The first-order chi connectivity index (χ1) is 11.8. The molecule has 2 atom stereocenters. The van der Waals surface area contributed by atoms with Crippen molar-refractivity contribution in [3.63, 3.8) is 0 Å². The molecule has 1 aromatic rings. The van der Waals surface area contributed by atoms with E-state index in [1.807, 2.05) is 6.07 Å². The van der Waals surface area contributed by atoms with Crippen LogP contribution in [0.4, 0.5) is 0 Å². The highest BCUT2D eigenvalue weighted by atomic mass is 32.1. The van der Waals surface area contributed by atoms with Gasteiger partial charge in [-0.1, -0.05) is 6.07 Å². The van der Waals surface area contributed by atoms with Crippen LogP contribution < -0.4 is 5.32 Å². The van der Waals surface area contributed by atoms with Crippen molar-refractivity contribution in [2.24, 2.45) is 11.8 Å². The van der Waals surface area contributed by atoms with E-state index < -0.39 is 0 Å². The number of hydrogen-bond donors (Lipinski definition) is 1. The molecule has 0 radical (unpaired) electrons. The molecule has 4 aliphatic rings. The summed E-state index contributed by atoms with van der Waals surface area (Å²) in [6.45, 7) is 6.58. The third kappa shape index (κ3) is 4.38. The van der Waals surface area contributed by atoms with E-state index in [2.05, 4.69) is 26.6 Å². The van der Waals surface area contributed by atoms with Gasteiger partial charge >= 0.3 is 0 Å². The average Bonchev–Trinajstić information content (AvgIpc) is 3.32. The molecular formula is C19H29N3OS. The molecule has 3 saturated heterocycles. The zero-order valence-electron chi connectivity index (χ0n) is 14.5. The molecule has 1 N–H and O–H groups in total. The van der Waals surface area contributed by atoms with Crippen LogP contribution in [0.2, 0.25) is 0 Å². The standard InChI is InChI=1S/C19H29N3OS/c23-19(20-10-18-2-1-9-24-18)7-8-21-11-16-5-6-17(14-21)22(13-16)12-15-3-4-15/h1-2,9,15-17H,3-8,10-14H2,(H,20,23)/t16-,17+/m0/s1. The third-order valence-corrected chi connectivity index (χ3v) is 6.66. The second kappa shape index (κ2) is 7.54. The minimum Gasteiger partial charge on any atom is -0.351 e. The van der Waals surface area contributed by atoms with E-state index in [0.29, 0.717) is 13.0 Å². The fourth-order valence-electron chi connectivity index (χ4n) is 4.26. The van der Waals surface area contributed by atoms with Gasteiger partial charge in [-0.3, -0.25) is 9.69 Å². The number of rotatable bonds is 7. The Balaban J connectivity index is 1.22. The monoisotopic (exact) mass is 347 g/mol. The maximum absolute atomic E-state index is 12.1. The van der Waals surface area contributed by atoms with E-state index in [1.54, 1.807) is 11.3 Å². The van der Waals surface area contributed by atoms with Gasteiger partial charge in [-0.25, -0.2) is 0 Å². The Labute approximate surface area is 149 Å². The molecule has 4 heterocycles. The summed E-state index contributed by atoms with van der Waals surface area (Å²) in [5.74, 6) is 1.99. The number of hydrogen-bond acceptors (Lipinski definition) is 4. The molecule has 24 heavy (non-hydrogen) atoms. The van der Waals surface area contributed by atoms with E-state index >= 15 is 0 Å². The van der Waals surface area contributed by atoms with E-state index in [1.165, 1.54) is 56.7 Å². The highest BCUT2D eigenvalue weighted by Gasteiger charge is 2.37. The van der Waals surface area contributed by atoms with Crippen LogP contribution in [0.5, 0.6) is 0 Å². The molecule has 1 amide bonds. The molecule has 3 aliphatic heterocycles. The third-order valence-electron chi connectivity index (χ3n) is 5.79. The quantitative estimate of drug-likeness (QED) is 0.823. The maximum atomic E-state index is 12.1. The number of carbonyl (C=O) groups is 1. The fourth-order valence-corrected chi connectivity index (χ4v) is 4.91. The highest BCUT2D eigenvalue weighted by molar-refractivity contribution is 7.09. The van der Waals surface area contributed by atoms with Crippen molar-refractivity contribution in [3.05, 3.63) is 22.4 Å². The van der Waals surface area contributed by atoms with Gasteiger partial charge < -0.3 is 10.2 Å². The van der Waals surface area contributed by atoms with E-state index in [-0.39, 0.29) is 5.91 Å². The Bertz CT molecular complexity index is 543. The van der Waals surface area contributed by atoms with Crippen LogP contribution in [0.15, 0.2) is 17.5 Å². The Hall–Kier alpha value is -0.910. The predicted octanol–water partition coefficient (Wildman–Crippen LogP) is 2.56. The van der Waals surface area contributed by atoms with Crippen LogP contribution in [0.1, 0.15) is 37.0 Å². The molecule has 5 rings (SSSR count). The number of carbonyl (C=O) groups excluding carboxylic acids is 1. The molecule has 1 saturated carbocycles. The summed E-state index contributed by atoms with van der Waals surface area (Å²) in [6.07, 6.45) is 6.27. The number of piperidine rings is 1. The van der Waals surface area contributed by atoms with Crippen LogP contribution in [-0.4, -0.2) is 54.5 Å². The predicted molar refractivity (Wildman–Crippen MR) is 98.0 cm³/mol. The van der Waals surface area contributed by atoms with E-state index in [9.17, 15) is 4.79 Å². The number of nitrogens with one attached hydrogen (secondary N) is 1. The van der Waals surface area contributed by atoms with E-state index in [4.69, 9.17) is 0 Å². The van der Waals surface area contributed by atoms with Crippen LogP contribution in [0.3, 0.4) is 0 Å². The van der Waals surface area contributed by atoms with Crippen LogP contribution in [0, 0.1) is 11.8 Å². The van der Waals surface area contributed by atoms with Gasteiger partial charge in [0.2, 0.25) is 5.91 Å². The minimum absolute atomic E-state index is 0.190. The molecule has 4 nitrogen and oxygen atoms in total. The smallest absolute Gasteiger partial charge is 0.221 e. The van der Waals surface area contributed by atoms with Gasteiger partial charge in [0.1, 0.15) is 0 Å². The van der Waals surface area contributed by atoms with Gasteiger partial charge in [0, 0.05) is 50.1 Å². The van der Waals surface area contributed by atoms with Gasteiger partial charge in [-0.05, 0) is 49.0 Å². The van der Waals surface area contributed by atoms with Gasteiger partial charge in [0.15, 0.2) is 0 Å². The van der Waals surface area contributed by atoms with Gasteiger partial charge in [-0.2, -0.15) is 0 Å². The second-order valence-corrected chi connectivity index (χ2v) is 8.89. The molecule has 1 aliphatic carbocycles. The number of amides is 1. The SMILES string of the molecule is O=C(CCN1C[C@@H]2CC[C@H](C1)N(CC1CC1)C2)NCc1cccs1. The highest BCUT2D eigenvalue weighted by Crippen LogP contribution is 2.34. The van der Waals surface area contributed by atoms with Crippen molar-refractivity contribution in [2.75, 3.05) is 32.7 Å². The molecule has 132 valence electrons. The topological polar surface area (TPSA) is 35.6 Å². The Morgan fingerprint density at radius 2 is 2.12 bits per heavy atom. The van der Waals surface area contributed by atoms with Crippen molar-refractivity contribution in [2.45, 2.75) is 44.7 Å². The van der Waals surface area contributed by atoms with Crippen LogP contribution >= 0.6 is 11.3 Å². The molecule has 0 aromatic carbocycles. The fraction of sp³-hybridized carbons (Fsp3) is 0.737. The summed E-state index contributed by atoms with van der Waals surface area (Å²) in [7, 11) is 0.